The zero-order valence-electron chi connectivity index (χ0n) is 20.2. The lowest BCUT2D eigenvalue weighted by Gasteiger charge is -2.30. The first kappa shape index (κ1) is 23.0. The van der Waals surface area contributed by atoms with Crippen molar-refractivity contribution in [3.63, 3.8) is 0 Å². The van der Waals surface area contributed by atoms with Crippen molar-refractivity contribution in [1.29, 1.82) is 0 Å². The highest BCUT2D eigenvalue weighted by Gasteiger charge is 2.25. The second-order valence-corrected chi connectivity index (χ2v) is 9.30. The smallest absolute Gasteiger partial charge is 0.254 e. The number of anilines is 1. The second kappa shape index (κ2) is 9.44. The lowest BCUT2D eigenvalue weighted by molar-refractivity contribution is 0.0922. The van der Waals surface area contributed by atoms with E-state index in [1.807, 2.05) is 30.7 Å². The number of amides is 1. The minimum atomic E-state index is -0.495. The Kier molecular flexibility index (Phi) is 6.19. The summed E-state index contributed by atoms with van der Waals surface area (Å²) < 4.78 is 15.8. The Morgan fingerprint density at radius 2 is 1.71 bits per heavy atom. The first-order valence-electron chi connectivity index (χ1n) is 12.0. The van der Waals surface area contributed by atoms with Gasteiger partial charge in [0.2, 0.25) is 0 Å². The molecule has 0 radical (unpaired) electrons. The van der Waals surface area contributed by atoms with Crippen molar-refractivity contribution in [2.24, 2.45) is 0 Å². The van der Waals surface area contributed by atoms with E-state index in [2.05, 4.69) is 29.7 Å². The molecule has 180 valence electrons. The molecule has 2 heterocycles. The summed E-state index contributed by atoms with van der Waals surface area (Å²) in [6.07, 6.45) is 3.37. The molecule has 0 spiro atoms. The third kappa shape index (κ3) is 4.73. The van der Waals surface area contributed by atoms with Crippen molar-refractivity contribution in [2.75, 3.05) is 5.32 Å². The standard InChI is InChI=1S/C27H29FN6O/c1-16-7-6-8-21(15-16)34-26-24(17(2)33-34)25(29-18(3)30-26)31-19-11-13-20(14-12-19)32-27(35)22-9-4-5-10-23(22)28/h4-10,15,19-20H,11-14H2,1-3H3,(H,32,35)(H,29,30,31). The third-order valence-electron chi connectivity index (χ3n) is 6.58. The van der Waals surface area contributed by atoms with Crippen LogP contribution in [0.2, 0.25) is 0 Å². The molecule has 1 amide bonds. The van der Waals surface area contributed by atoms with E-state index in [9.17, 15) is 9.18 Å². The van der Waals surface area contributed by atoms with E-state index in [1.54, 1.807) is 12.1 Å². The van der Waals surface area contributed by atoms with E-state index in [1.165, 1.54) is 12.1 Å². The number of nitrogens with zero attached hydrogens (tertiary/aromatic N) is 4. The van der Waals surface area contributed by atoms with Gasteiger partial charge in [-0.1, -0.05) is 24.3 Å². The van der Waals surface area contributed by atoms with Gasteiger partial charge < -0.3 is 10.6 Å². The fourth-order valence-corrected chi connectivity index (χ4v) is 4.82. The number of nitrogens with one attached hydrogen (secondary N) is 2. The van der Waals surface area contributed by atoms with Gasteiger partial charge in [-0.15, -0.1) is 0 Å². The zero-order valence-corrected chi connectivity index (χ0v) is 20.2. The Hall–Kier alpha value is -3.81. The van der Waals surface area contributed by atoms with Crippen LogP contribution in [0.4, 0.5) is 10.2 Å². The first-order valence-corrected chi connectivity index (χ1v) is 12.0. The van der Waals surface area contributed by atoms with Gasteiger partial charge in [-0.25, -0.2) is 19.0 Å². The highest BCUT2D eigenvalue weighted by atomic mass is 19.1. The molecule has 1 saturated carbocycles. The summed E-state index contributed by atoms with van der Waals surface area (Å²) in [6.45, 7) is 5.93. The molecule has 1 aliphatic carbocycles. The molecule has 4 aromatic rings. The molecule has 2 aromatic heterocycles. The molecule has 1 aliphatic rings. The van der Waals surface area contributed by atoms with E-state index >= 15 is 0 Å². The van der Waals surface area contributed by atoms with Crippen LogP contribution in [0.1, 0.15) is 53.1 Å². The van der Waals surface area contributed by atoms with Crippen LogP contribution in [0.5, 0.6) is 0 Å². The van der Waals surface area contributed by atoms with Gasteiger partial charge in [0.1, 0.15) is 17.5 Å². The van der Waals surface area contributed by atoms with E-state index in [0.29, 0.717) is 5.82 Å². The predicted molar refractivity (Wildman–Crippen MR) is 134 cm³/mol. The average molecular weight is 473 g/mol. The Morgan fingerprint density at radius 3 is 2.46 bits per heavy atom. The quantitative estimate of drug-likeness (QED) is 0.425. The molecule has 0 unspecified atom stereocenters. The van der Waals surface area contributed by atoms with Gasteiger partial charge in [0, 0.05) is 12.1 Å². The van der Waals surface area contributed by atoms with Crippen molar-refractivity contribution < 1.29 is 9.18 Å². The molecule has 35 heavy (non-hydrogen) atoms. The fraction of sp³-hybridized carbons (Fsp3) is 0.333. The van der Waals surface area contributed by atoms with Crippen LogP contribution in [-0.4, -0.2) is 37.7 Å². The Balaban J connectivity index is 1.31. The van der Waals surface area contributed by atoms with E-state index in [-0.39, 0.29) is 23.6 Å². The largest absolute Gasteiger partial charge is 0.367 e. The number of rotatable bonds is 5. The number of hydrogen-bond acceptors (Lipinski definition) is 5. The number of fused-ring (bicyclic) bond motifs is 1. The molecule has 0 aliphatic heterocycles. The fourth-order valence-electron chi connectivity index (χ4n) is 4.82. The van der Waals surface area contributed by atoms with Gasteiger partial charge in [-0.05, 0) is 76.3 Å². The van der Waals surface area contributed by atoms with Crippen molar-refractivity contribution in [3.8, 4) is 5.69 Å². The third-order valence-corrected chi connectivity index (χ3v) is 6.58. The van der Waals surface area contributed by atoms with Crippen molar-refractivity contribution in [1.82, 2.24) is 25.1 Å². The van der Waals surface area contributed by atoms with Crippen LogP contribution in [0.25, 0.3) is 16.7 Å². The number of aryl methyl sites for hydroxylation is 3. The summed E-state index contributed by atoms with van der Waals surface area (Å²) >= 11 is 0. The summed E-state index contributed by atoms with van der Waals surface area (Å²) in [4.78, 5) is 21.9. The number of aromatic nitrogens is 4. The lowest BCUT2D eigenvalue weighted by Crippen LogP contribution is -2.40. The monoisotopic (exact) mass is 472 g/mol. The van der Waals surface area contributed by atoms with Gasteiger partial charge in [-0.2, -0.15) is 5.10 Å². The van der Waals surface area contributed by atoms with Gasteiger partial charge in [-0.3, -0.25) is 4.79 Å². The maximum atomic E-state index is 13.9. The number of benzene rings is 2. The zero-order chi connectivity index (χ0) is 24.5. The van der Waals surface area contributed by atoms with Crippen LogP contribution in [0.3, 0.4) is 0 Å². The maximum absolute atomic E-state index is 13.9. The second-order valence-electron chi connectivity index (χ2n) is 9.30. The topological polar surface area (TPSA) is 84.7 Å². The molecule has 0 atom stereocenters. The Bertz CT molecular complexity index is 1390. The summed E-state index contributed by atoms with van der Waals surface area (Å²) in [7, 11) is 0. The summed E-state index contributed by atoms with van der Waals surface area (Å²) in [5, 5.41) is 12.3. The highest BCUT2D eigenvalue weighted by Crippen LogP contribution is 2.29. The number of hydrogen-bond donors (Lipinski definition) is 2. The highest BCUT2D eigenvalue weighted by molar-refractivity contribution is 5.94. The van der Waals surface area contributed by atoms with E-state index in [0.717, 1.165) is 59.5 Å². The molecule has 5 rings (SSSR count). The van der Waals surface area contributed by atoms with E-state index < -0.39 is 5.82 Å². The molecule has 8 heteroatoms. The summed E-state index contributed by atoms with van der Waals surface area (Å²) in [5.41, 5.74) is 3.88. The first-order chi connectivity index (χ1) is 16.9. The minimum Gasteiger partial charge on any atom is -0.367 e. The SMILES string of the molecule is Cc1cccc(-n2nc(C)c3c(NC4CCC(NC(=O)c5ccccc5F)CC4)nc(C)nc32)c1. The van der Waals surface area contributed by atoms with Gasteiger partial charge in [0.15, 0.2) is 5.65 Å². The van der Waals surface area contributed by atoms with Crippen molar-refractivity contribution >= 4 is 22.8 Å². The lowest BCUT2D eigenvalue weighted by atomic mass is 9.91. The number of carbonyl (C=O) groups is 1. The van der Waals surface area contributed by atoms with Gasteiger partial charge >= 0.3 is 0 Å². The summed E-state index contributed by atoms with van der Waals surface area (Å²) in [6, 6.07) is 14.5. The van der Waals surface area contributed by atoms with Gasteiger partial charge in [0.25, 0.3) is 5.91 Å². The van der Waals surface area contributed by atoms with E-state index in [4.69, 9.17) is 15.1 Å². The number of halogens is 1. The van der Waals surface area contributed by atoms with Crippen molar-refractivity contribution in [3.05, 3.63) is 77.0 Å². The van der Waals surface area contributed by atoms with Crippen LogP contribution in [0.15, 0.2) is 48.5 Å². The number of carbonyl (C=O) groups excluding carboxylic acids is 1. The molecular formula is C27H29FN6O. The molecule has 1 fully saturated rings. The van der Waals surface area contributed by atoms with Gasteiger partial charge in [0.05, 0.1) is 22.3 Å². The normalized spacial score (nSPS) is 17.9. The molecule has 2 N–H and O–H groups in total. The minimum absolute atomic E-state index is 0.0260. The summed E-state index contributed by atoms with van der Waals surface area (Å²) in [5.74, 6) is 0.624. The molecule has 7 nitrogen and oxygen atoms in total. The van der Waals surface area contributed by atoms with Crippen LogP contribution < -0.4 is 10.6 Å². The van der Waals surface area contributed by atoms with Crippen LogP contribution in [0, 0.1) is 26.6 Å². The Labute approximate surface area is 203 Å². The average Bonchev–Trinajstić information content (AvgIpc) is 3.16. The molecule has 0 bridgehead atoms. The molecular weight excluding hydrogens is 443 g/mol. The predicted octanol–water partition coefficient (Wildman–Crippen LogP) is 5.03. The van der Waals surface area contributed by atoms with Crippen LogP contribution >= 0.6 is 0 Å². The Morgan fingerprint density at radius 1 is 0.971 bits per heavy atom. The maximum Gasteiger partial charge on any atom is 0.254 e. The van der Waals surface area contributed by atoms with Crippen molar-refractivity contribution in [2.45, 2.75) is 58.5 Å². The van der Waals surface area contributed by atoms with Crippen LogP contribution in [-0.2, 0) is 0 Å². The molecule has 2 aromatic carbocycles. The molecule has 0 saturated heterocycles.